The van der Waals surface area contributed by atoms with Gasteiger partial charge < -0.3 is 9.47 Å². The molecule has 0 amide bonds. The first kappa shape index (κ1) is 22.3. The van der Waals surface area contributed by atoms with Crippen LogP contribution in [0.4, 0.5) is 0 Å². The number of nitrogens with one attached hydrogen (secondary N) is 1. The minimum absolute atomic E-state index is 0.0534. The van der Waals surface area contributed by atoms with Gasteiger partial charge in [-0.15, -0.1) is 0 Å². The van der Waals surface area contributed by atoms with Crippen LogP contribution in [-0.2, 0) is 26.2 Å². The zero-order chi connectivity index (χ0) is 22.3. The van der Waals surface area contributed by atoms with E-state index in [0.29, 0.717) is 5.75 Å². The maximum atomic E-state index is 12.4. The van der Waals surface area contributed by atoms with Crippen molar-refractivity contribution < 1.29 is 22.7 Å². The molecule has 3 aromatic carbocycles. The fourth-order valence-corrected chi connectivity index (χ4v) is 3.72. The number of carbonyl (C=O) groups excluding carboxylic acids is 1. The number of sulfonamides is 1. The molecular formula is C22H17ClN2O5S. The van der Waals surface area contributed by atoms with E-state index in [1.165, 1.54) is 24.3 Å². The Labute approximate surface area is 184 Å². The van der Waals surface area contributed by atoms with Crippen molar-refractivity contribution in [3.63, 3.8) is 0 Å². The highest BCUT2D eigenvalue weighted by atomic mass is 35.5. The SMILES string of the molecule is N#Cc1c(Cl)cccc1Oc1ccc(S(=O)(=O)NCC(=O)OCc2ccccc2)cc1. The second-order valence-electron chi connectivity index (χ2n) is 6.27. The van der Waals surface area contributed by atoms with E-state index in [1.807, 2.05) is 24.3 Å². The summed E-state index contributed by atoms with van der Waals surface area (Å²) < 4.78 is 37.7. The van der Waals surface area contributed by atoms with E-state index in [1.54, 1.807) is 30.3 Å². The summed E-state index contributed by atoms with van der Waals surface area (Å²) in [5, 5.41) is 9.45. The molecule has 0 radical (unpaired) electrons. The van der Waals surface area contributed by atoms with Crippen molar-refractivity contribution in [1.29, 1.82) is 5.26 Å². The van der Waals surface area contributed by atoms with Gasteiger partial charge in [0.1, 0.15) is 36.3 Å². The molecule has 7 nitrogen and oxygen atoms in total. The van der Waals surface area contributed by atoms with Gasteiger partial charge in [-0.25, -0.2) is 8.42 Å². The normalized spacial score (nSPS) is 10.8. The lowest BCUT2D eigenvalue weighted by Crippen LogP contribution is -2.30. The summed E-state index contributed by atoms with van der Waals surface area (Å²) in [5.41, 5.74) is 0.977. The molecule has 9 heteroatoms. The summed E-state index contributed by atoms with van der Waals surface area (Å²) in [5.74, 6) is -0.123. The number of halogens is 1. The smallest absolute Gasteiger partial charge is 0.321 e. The average Bonchev–Trinajstić information content (AvgIpc) is 2.78. The summed E-state index contributed by atoms with van der Waals surface area (Å²) in [4.78, 5) is 11.8. The minimum Gasteiger partial charge on any atom is -0.460 e. The maximum Gasteiger partial charge on any atom is 0.321 e. The van der Waals surface area contributed by atoms with E-state index in [0.717, 1.165) is 5.56 Å². The van der Waals surface area contributed by atoms with Crippen LogP contribution >= 0.6 is 11.6 Å². The van der Waals surface area contributed by atoms with E-state index < -0.39 is 22.5 Å². The Bertz CT molecular complexity index is 1210. The first-order valence-corrected chi connectivity index (χ1v) is 10.9. The molecule has 0 unspecified atom stereocenters. The summed E-state index contributed by atoms with van der Waals surface area (Å²) >= 11 is 5.97. The van der Waals surface area contributed by atoms with Crippen molar-refractivity contribution >= 4 is 27.6 Å². The first-order valence-electron chi connectivity index (χ1n) is 9.05. The second-order valence-corrected chi connectivity index (χ2v) is 8.44. The van der Waals surface area contributed by atoms with Crippen LogP contribution < -0.4 is 9.46 Å². The lowest BCUT2D eigenvalue weighted by atomic mass is 10.2. The molecule has 158 valence electrons. The van der Waals surface area contributed by atoms with E-state index >= 15 is 0 Å². The molecule has 3 rings (SSSR count). The van der Waals surface area contributed by atoms with Crippen LogP contribution in [-0.4, -0.2) is 20.9 Å². The number of nitrogens with zero attached hydrogens (tertiary/aromatic N) is 1. The summed E-state index contributed by atoms with van der Waals surface area (Å²) in [6, 6.07) is 21.3. The third-order valence-corrected chi connectivity index (χ3v) is 5.83. The lowest BCUT2D eigenvalue weighted by molar-refractivity contribution is -0.143. The van der Waals surface area contributed by atoms with Crippen LogP contribution in [0.5, 0.6) is 11.5 Å². The number of hydrogen-bond donors (Lipinski definition) is 1. The van der Waals surface area contributed by atoms with Gasteiger partial charge in [-0.2, -0.15) is 9.98 Å². The molecule has 0 heterocycles. The Morgan fingerprint density at radius 1 is 1.00 bits per heavy atom. The standard InChI is InChI=1S/C22H17ClN2O5S/c23-20-7-4-8-21(19(20)13-24)30-17-9-11-18(12-10-17)31(27,28)25-14-22(26)29-15-16-5-2-1-3-6-16/h1-12,25H,14-15H2. The number of nitriles is 1. The van der Waals surface area contributed by atoms with Gasteiger partial charge in [-0.1, -0.05) is 48.0 Å². The number of carbonyl (C=O) groups is 1. The lowest BCUT2D eigenvalue weighted by Gasteiger charge is -2.10. The van der Waals surface area contributed by atoms with Gasteiger partial charge >= 0.3 is 5.97 Å². The van der Waals surface area contributed by atoms with Crippen LogP contribution in [0.25, 0.3) is 0 Å². The van der Waals surface area contributed by atoms with Crippen molar-refractivity contribution in [3.05, 3.63) is 88.9 Å². The summed E-state index contributed by atoms with van der Waals surface area (Å²) in [6.45, 7) is -0.441. The van der Waals surface area contributed by atoms with Crippen LogP contribution in [0.3, 0.4) is 0 Å². The number of hydrogen-bond acceptors (Lipinski definition) is 6. The number of ether oxygens (including phenoxy) is 2. The highest BCUT2D eigenvalue weighted by molar-refractivity contribution is 7.89. The Hall–Kier alpha value is -3.38. The van der Waals surface area contributed by atoms with Crippen molar-refractivity contribution in [2.75, 3.05) is 6.54 Å². The predicted octanol–water partition coefficient (Wildman–Crippen LogP) is 4.03. The van der Waals surface area contributed by atoms with E-state index in [2.05, 4.69) is 4.72 Å². The quantitative estimate of drug-likeness (QED) is 0.513. The Balaban J connectivity index is 1.59. The molecule has 0 spiro atoms. The van der Waals surface area contributed by atoms with Crippen molar-refractivity contribution in [2.24, 2.45) is 0 Å². The largest absolute Gasteiger partial charge is 0.460 e. The Morgan fingerprint density at radius 3 is 2.39 bits per heavy atom. The van der Waals surface area contributed by atoms with E-state index in [-0.39, 0.29) is 27.8 Å². The minimum atomic E-state index is -3.93. The highest BCUT2D eigenvalue weighted by Gasteiger charge is 2.17. The van der Waals surface area contributed by atoms with Gasteiger partial charge in [0.15, 0.2) is 0 Å². The third kappa shape index (κ3) is 6.06. The van der Waals surface area contributed by atoms with Gasteiger partial charge in [0.25, 0.3) is 0 Å². The molecule has 0 atom stereocenters. The summed E-state index contributed by atoms with van der Waals surface area (Å²) in [6.07, 6.45) is 0. The Morgan fingerprint density at radius 2 is 1.71 bits per heavy atom. The van der Waals surface area contributed by atoms with Gasteiger partial charge in [0.05, 0.1) is 9.92 Å². The van der Waals surface area contributed by atoms with Crippen LogP contribution in [0.2, 0.25) is 5.02 Å². The first-order chi connectivity index (χ1) is 14.9. The monoisotopic (exact) mass is 456 g/mol. The molecule has 0 aliphatic heterocycles. The average molecular weight is 457 g/mol. The molecule has 0 fully saturated rings. The van der Waals surface area contributed by atoms with Crippen molar-refractivity contribution in [3.8, 4) is 17.6 Å². The summed E-state index contributed by atoms with van der Waals surface area (Å²) in [7, 11) is -3.93. The van der Waals surface area contributed by atoms with Gasteiger partial charge in [-0.05, 0) is 42.0 Å². The van der Waals surface area contributed by atoms with E-state index in [4.69, 9.17) is 21.1 Å². The molecular weight excluding hydrogens is 440 g/mol. The van der Waals surface area contributed by atoms with Crippen LogP contribution in [0, 0.1) is 11.3 Å². The molecule has 3 aromatic rings. The zero-order valence-corrected chi connectivity index (χ0v) is 17.7. The molecule has 1 N–H and O–H groups in total. The fourth-order valence-electron chi connectivity index (χ4n) is 2.54. The van der Waals surface area contributed by atoms with Crippen LogP contribution in [0.1, 0.15) is 11.1 Å². The number of esters is 1. The molecule has 0 saturated carbocycles. The molecule has 0 aliphatic rings. The third-order valence-electron chi connectivity index (χ3n) is 4.10. The van der Waals surface area contributed by atoms with Gasteiger partial charge in [-0.3, -0.25) is 4.79 Å². The second kappa shape index (κ2) is 10.1. The highest BCUT2D eigenvalue weighted by Crippen LogP contribution is 2.30. The molecule has 0 aromatic heterocycles. The fraction of sp³-hybridized carbons (Fsp3) is 0.0909. The van der Waals surface area contributed by atoms with Gasteiger partial charge in [0.2, 0.25) is 10.0 Å². The molecule has 0 aliphatic carbocycles. The van der Waals surface area contributed by atoms with E-state index in [9.17, 15) is 18.5 Å². The zero-order valence-electron chi connectivity index (χ0n) is 16.1. The van der Waals surface area contributed by atoms with Crippen molar-refractivity contribution in [1.82, 2.24) is 4.72 Å². The molecule has 0 bridgehead atoms. The molecule has 0 saturated heterocycles. The predicted molar refractivity (Wildman–Crippen MR) is 114 cm³/mol. The number of rotatable bonds is 8. The maximum absolute atomic E-state index is 12.4. The molecule has 31 heavy (non-hydrogen) atoms. The topological polar surface area (TPSA) is 105 Å². The van der Waals surface area contributed by atoms with Crippen molar-refractivity contribution in [2.45, 2.75) is 11.5 Å². The Kier molecular flexibility index (Phi) is 7.26. The van der Waals surface area contributed by atoms with Crippen LogP contribution in [0.15, 0.2) is 77.7 Å². The van der Waals surface area contributed by atoms with Gasteiger partial charge in [0, 0.05) is 0 Å². The number of benzene rings is 3.